The molecule has 3 atom stereocenters. The molecule has 1 saturated heterocycles. The molecule has 2 rings (SSSR count). The molecule has 0 aromatic heterocycles. The summed E-state index contributed by atoms with van der Waals surface area (Å²) in [6.07, 6.45) is 2.93. The largest absolute Gasteiger partial charge is 0.375 e. The van der Waals surface area contributed by atoms with E-state index >= 15 is 0 Å². The van der Waals surface area contributed by atoms with Gasteiger partial charge in [-0.1, -0.05) is 28.1 Å². The number of hydrogen-bond donors (Lipinski definition) is 1. The molecule has 0 spiro atoms. The van der Waals surface area contributed by atoms with Crippen LogP contribution in [0, 0.1) is 0 Å². The molecule has 1 aromatic rings. The minimum absolute atomic E-state index is 0.364. The summed E-state index contributed by atoms with van der Waals surface area (Å²) in [7, 11) is 0. The third-order valence-electron chi connectivity index (χ3n) is 3.55. The van der Waals surface area contributed by atoms with Crippen molar-refractivity contribution in [3.05, 3.63) is 34.3 Å². The van der Waals surface area contributed by atoms with Crippen molar-refractivity contribution >= 4 is 15.9 Å². The van der Waals surface area contributed by atoms with Gasteiger partial charge in [-0.25, -0.2) is 0 Å². The second kappa shape index (κ2) is 6.18. The fraction of sp³-hybridized carbons (Fsp3) is 0.600. The van der Waals surface area contributed by atoms with Gasteiger partial charge in [0.1, 0.15) is 0 Å². The third kappa shape index (κ3) is 3.81. The fourth-order valence-electron chi connectivity index (χ4n) is 2.74. The topological polar surface area (TPSA) is 21.3 Å². The summed E-state index contributed by atoms with van der Waals surface area (Å²) < 4.78 is 6.90. The monoisotopic (exact) mass is 311 g/mol. The molecular formula is C15H22BrNO. The normalized spacial score (nSPS) is 30.1. The molecule has 0 radical (unpaired) electrons. The Kier molecular flexibility index (Phi) is 4.82. The van der Waals surface area contributed by atoms with Crippen LogP contribution in [0.5, 0.6) is 0 Å². The molecule has 0 aliphatic carbocycles. The number of benzene rings is 1. The van der Waals surface area contributed by atoms with Gasteiger partial charge in [0.05, 0.1) is 12.2 Å². The Morgan fingerprint density at radius 2 is 1.72 bits per heavy atom. The molecule has 3 heteroatoms. The zero-order valence-corrected chi connectivity index (χ0v) is 12.9. The molecule has 0 bridgehead atoms. The summed E-state index contributed by atoms with van der Waals surface area (Å²) in [5.74, 6) is 0. The molecule has 2 nitrogen and oxygen atoms in total. The molecule has 0 amide bonds. The highest BCUT2D eigenvalue weighted by atomic mass is 79.9. The van der Waals surface area contributed by atoms with Crippen LogP contribution in [0.25, 0.3) is 0 Å². The zero-order chi connectivity index (χ0) is 13.1. The number of ether oxygens (including phenoxy) is 1. The summed E-state index contributed by atoms with van der Waals surface area (Å²) in [4.78, 5) is 0. The minimum atomic E-state index is 0.364. The third-order valence-corrected chi connectivity index (χ3v) is 4.08. The van der Waals surface area contributed by atoms with Crippen molar-refractivity contribution in [2.24, 2.45) is 0 Å². The Morgan fingerprint density at radius 1 is 1.17 bits per heavy atom. The van der Waals surface area contributed by atoms with Crippen LogP contribution in [-0.4, -0.2) is 18.2 Å². The minimum Gasteiger partial charge on any atom is -0.375 e. The number of halogens is 1. The first-order valence-electron chi connectivity index (χ1n) is 6.71. The number of rotatable bonds is 3. The van der Waals surface area contributed by atoms with E-state index in [1.165, 1.54) is 5.56 Å². The summed E-state index contributed by atoms with van der Waals surface area (Å²) >= 11 is 3.47. The van der Waals surface area contributed by atoms with Gasteiger partial charge in [-0.05, 0) is 51.3 Å². The lowest BCUT2D eigenvalue weighted by molar-refractivity contribution is -0.0433. The molecule has 0 saturated carbocycles. The van der Waals surface area contributed by atoms with Gasteiger partial charge in [-0.15, -0.1) is 0 Å². The van der Waals surface area contributed by atoms with E-state index in [2.05, 4.69) is 66.3 Å². The van der Waals surface area contributed by atoms with Gasteiger partial charge in [0, 0.05) is 16.6 Å². The molecule has 100 valence electrons. The molecule has 1 aliphatic heterocycles. The number of hydrogen-bond acceptors (Lipinski definition) is 2. The molecule has 1 fully saturated rings. The van der Waals surface area contributed by atoms with E-state index in [1.54, 1.807) is 0 Å². The quantitative estimate of drug-likeness (QED) is 0.909. The van der Waals surface area contributed by atoms with Crippen LogP contribution < -0.4 is 5.32 Å². The second-order valence-corrected chi connectivity index (χ2v) is 6.28. The maximum Gasteiger partial charge on any atom is 0.0565 e. The van der Waals surface area contributed by atoms with Crippen molar-refractivity contribution in [3.8, 4) is 0 Å². The highest BCUT2D eigenvalue weighted by Gasteiger charge is 2.25. The van der Waals surface area contributed by atoms with Crippen LogP contribution in [-0.2, 0) is 4.74 Å². The van der Waals surface area contributed by atoms with Crippen molar-refractivity contribution in [2.45, 2.75) is 57.9 Å². The molecule has 1 heterocycles. The Hall–Kier alpha value is -0.380. The van der Waals surface area contributed by atoms with Gasteiger partial charge in [-0.3, -0.25) is 0 Å². The molecular weight excluding hydrogens is 290 g/mol. The molecule has 1 N–H and O–H groups in total. The van der Waals surface area contributed by atoms with Crippen LogP contribution in [0.2, 0.25) is 0 Å². The smallest absolute Gasteiger partial charge is 0.0565 e. The van der Waals surface area contributed by atoms with Crippen LogP contribution in [0.15, 0.2) is 28.7 Å². The van der Waals surface area contributed by atoms with Crippen LogP contribution in [0.3, 0.4) is 0 Å². The van der Waals surface area contributed by atoms with Crippen LogP contribution >= 0.6 is 15.9 Å². The summed E-state index contributed by atoms with van der Waals surface area (Å²) in [5, 5.41) is 3.72. The lowest BCUT2D eigenvalue weighted by atomic mass is 9.98. The Bertz CT molecular complexity index is 369. The average molecular weight is 312 g/mol. The summed E-state index contributed by atoms with van der Waals surface area (Å²) in [5.41, 5.74) is 1.34. The Labute approximate surface area is 118 Å². The number of nitrogens with one attached hydrogen (secondary N) is 1. The first-order valence-corrected chi connectivity index (χ1v) is 7.51. The van der Waals surface area contributed by atoms with E-state index in [1.807, 2.05) is 0 Å². The van der Waals surface area contributed by atoms with Gasteiger partial charge in [-0.2, -0.15) is 0 Å². The standard InChI is InChI=1S/C15H22BrNO/c1-10-8-15(9-11(2)18-10)17-12(3)13-4-6-14(16)7-5-13/h4-7,10-12,15,17H,8-9H2,1-3H3/t10?,11?,12-,15?/m0/s1. The van der Waals surface area contributed by atoms with Crippen molar-refractivity contribution in [3.63, 3.8) is 0 Å². The highest BCUT2D eigenvalue weighted by Crippen LogP contribution is 2.23. The first-order chi connectivity index (χ1) is 8.54. The van der Waals surface area contributed by atoms with Crippen molar-refractivity contribution in [1.29, 1.82) is 0 Å². The van der Waals surface area contributed by atoms with E-state index in [0.29, 0.717) is 24.3 Å². The summed E-state index contributed by atoms with van der Waals surface area (Å²) in [6.45, 7) is 6.55. The molecule has 1 aliphatic rings. The lowest BCUT2D eigenvalue weighted by Crippen LogP contribution is -2.42. The predicted octanol–water partition coefficient (Wildman–Crippen LogP) is 4.06. The Balaban J connectivity index is 1.94. The van der Waals surface area contributed by atoms with Crippen molar-refractivity contribution in [2.75, 3.05) is 0 Å². The van der Waals surface area contributed by atoms with Crippen LogP contribution in [0.1, 0.15) is 45.2 Å². The van der Waals surface area contributed by atoms with Gasteiger partial charge in [0.2, 0.25) is 0 Å². The zero-order valence-electron chi connectivity index (χ0n) is 11.3. The van der Waals surface area contributed by atoms with E-state index in [-0.39, 0.29) is 0 Å². The second-order valence-electron chi connectivity index (χ2n) is 5.37. The molecule has 18 heavy (non-hydrogen) atoms. The lowest BCUT2D eigenvalue weighted by Gasteiger charge is -2.34. The summed E-state index contributed by atoms with van der Waals surface area (Å²) in [6, 6.07) is 9.50. The van der Waals surface area contributed by atoms with Gasteiger partial charge in [0.15, 0.2) is 0 Å². The van der Waals surface area contributed by atoms with E-state index < -0.39 is 0 Å². The maximum absolute atomic E-state index is 5.77. The fourth-order valence-corrected chi connectivity index (χ4v) is 3.01. The van der Waals surface area contributed by atoms with Gasteiger partial charge in [0.25, 0.3) is 0 Å². The molecule has 1 aromatic carbocycles. The van der Waals surface area contributed by atoms with Crippen molar-refractivity contribution in [1.82, 2.24) is 5.32 Å². The maximum atomic E-state index is 5.77. The van der Waals surface area contributed by atoms with Crippen LogP contribution in [0.4, 0.5) is 0 Å². The predicted molar refractivity (Wildman–Crippen MR) is 78.7 cm³/mol. The Morgan fingerprint density at radius 3 is 2.28 bits per heavy atom. The first kappa shape index (κ1) is 14.0. The van der Waals surface area contributed by atoms with E-state index in [0.717, 1.165) is 17.3 Å². The van der Waals surface area contributed by atoms with Gasteiger partial charge >= 0.3 is 0 Å². The molecule has 2 unspecified atom stereocenters. The highest BCUT2D eigenvalue weighted by molar-refractivity contribution is 9.10. The van der Waals surface area contributed by atoms with E-state index in [4.69, 9.17) is 4.74 Å². The SMILES string of the molecule is CC1CC(N[C@@H](C)c2ccc(Br)cc2)CC(C)O1. The van der Waals surface area contributed by atoms with E-state index in [9.17, 15) is 0 Å². The van der Waals surface area contributed by atoms with Crippen molar-refractivity contribution < 1.29 is 4.74 Å². The van der Waals surface area contributed by atoms with Gasteiger partial charge < -0.3 is 10.1 Å². The average Bonchev–Trinajstić information content (AvgIpc) is 2.28.